The minimum Gasteiger partial charge on any atom is -0.493 e. The molecule has 3 N–H and O–H groups in total. The summed E-state index contributed by atoms with van der Waals surface area (Å²) in [7, 11) is 0. The van der Waals surface area contributed by atoms with Crippen molar-refractivity contribution in [2.24, 2.45) is 5.73 Å². The van der Waals surface area contributed by atoms with Crippen LogP contribution in [0.5, 0.6) is 5.75 Å². The van der Waals surface area contributed by atoms with E-state index in [9.17, 15) is 0 Å². The molecule has 1 aliphatic carbocycles. The first kappa shape index (κ1) is 20.7. The van der Waals surface area contributed by atoms with Gasteiger partial charge in [-0.15, -0.1) is 24.8 Å². The van der Waals surface area contributed by atoms with Crippen molar-refractivity contribution in [2.75, 3.05) is 11.9 Å². The molecule has 2 heterocycles. The van der Waals surface area contributed by atoms with Gasteiger partial charge in [-0.05, 0) is 49.8 Å². The van der Waals surface area contributed by atoms with Crippen molar-refractivity contribution >= 4 is 30.6 Å². The summed E-state index contributed by atoms with van der Waals surface area (Å²) in [5, 5.41) is 3.44. The number of aryl methyl sites for hydroxylation is 2. The Hall–Kier alpha value is -1.56. The highest BCUT2D eigenvalue weighted by atomic mass is 35.5. The highest BCUT2D eigenvalue weighted by Crippen LogP contribution is 2.35. The molecule has 0 amide bonds. The van der Waals surface area contributed by atoms with Crippen molar-refractivity contribution in [3.05, 3.63) is 46.9 Å². The summed E-state index contributed by atoms with van der Waals surface area (Å²) in [6, 6.07) is 8.85. The first-order valence-electron chi connectivity index (χ1n) is 8.77. The number of rotatable bonds is 4. The van der Waals surface area contributed by atoms with E-state index >= 15 is 0 Å². The number of nitrogens with zero attached hydrogens (tertiary/aromatic N) is 2. The average Bonchev–Trinajstić information content (AvgIpc) is 2.56. The molecular weight excluding hydrogens is 371 g/mol. The molecular formula is C19H26Cl2N4O. The Morgan fingerprint density at radius 3 is 2.77 bits per heavy atom. The molecule has 0 unspecified atom stereocenters. The number of ether oxygens (including phenoxy) is 1. The number of hydrogen-bond donors (Lipinski definition) is 2. The van der Waals surface area contributed by atoms with Crippen molar-refractivity contribution < 1.29 is 4.74 Å². The third kappa shape index (κ3) is 4.58. The monoisotopic (exact) mass is 396 g/mol. The van der Waals surface area contributed by atoms with Gasteiger partial charge < -0.3 is 15.8 Å². The van der Waals surface area contributed by atoms with Crippen molar-refractivity contribution in [1.82, 2.24) is 9.97 Å². The molecule has 7 heteroatoms. The van der Waals surface area contributed by atoms with Gasteiger partial charge in [-0.2, -0.15) is 0 Å². The molecule has 1 aromatic heterocycles. The van der Waals surface area contributed by atoms with E-state index in [1.54, 1.807) is 0 Å². The number of benzene rings is 1. The molecule has 1 fully saturated rings. The van der Waals surface area contributed by atoms with Crippen molar-refractivity contribution in [1.29, 1.82) is 0 Å². The summed E-state index contributed by atoms with van der Waals surface area (Å²) < 4.78 is 5.68. The van der Waals surface area contributed by atoms with E-state index in [1.165, 1.54) is 11.1 Å². The molecule has 0 saturated heterocycles. The second-order valence-corrected chi connectivity index (χ2v) is 6.90. The van der Waals surface area contributed by atoms with Crippen LogP contribution in [0.25, 0.3) is 0 Å². The summed E-state index contributed by atoms with van der Waals surface area (Å²) in [6.07, 6.45) is 4.26. The number of fused-ring (bicyclic) bond motifs is 1. The van der Waals surface area contributed by atoms with E-state index in [2.05, 4.69) is 39.6 Å². The van der Waals surface area contributed by atoms with E-state index in [0.717, 1.165) is 61.9 Å². The van der Waals surface area contributed by atoms with Crippen LogP contribution >= 0.6 is 24.8 Å². The van der Waals surface area contributed by atoms with Gasteiger partial charge in [0.25, 0.3) is 0 Å². The molecule has 142 valence electrons. The van der Waals surface area contributed by atoms with E-state index < -0.39 is 0 Å². The molecule has 2 aliphatic rings. The van der Waals surface area contributed by atoms with Crippen LogP contribution in [0, 0.1) is 6.92 Å². The van der Waals surface area contributed by atoms with Crippen LogP contribution in [0.3, 0.4) is 0 Å². The molecule has 0 spiro atoms. The van der Waals surface area contributed by atoms with Gasteiger partial charge >= 0.3 is 0 Å². The third-order valence-electron chi connectivity index (χ3n) is 4.90. The Morgan fingerprint density at radius 1 is 1.19 bits per heavy atom. The number of nitrogens with one attached hydrogen (secondary N) is 1. The number of hydrogen-bond acceptors (Lipinski definition) is 5. The fourth-order valence-corrected chi connectivity index (χ4v) is 3.51. The maximum atomic E-state index is 5.90. The molecule has 0 bridgehead atoms. The van der Waals surface area contributed by atoms with Gasteiger partial charge in [-0.1, -0.05) is 12.1 Å². The Bertz CT molecular complexity index is 750. The van der Waals surface area contributed by atoms with Crippen LogP contribution in [0.2, 0.25) is 0 Å². The molecule has 1 saturated carbocycles. The molecule has 26 heavy (non-hydrogen) atoms. The highest BCUT2D eigenvalue weighted by Gasteiger charge is 2.28. The van der Waals surface area contributed by atoms with Crippen LogP contribution in [-0.2, 0) is 13.0 Å². The summed E-state index contributed by atoms with van der Waals surface area (Å²) in [6.45, 7) is 3.54. The zero-order valence-electron chi connectivity index (χ0n) is 14.9. The third-order valence-corrected chi connectivity index (χ3v) is 4.90. The lowest BCUT2D eigenvalue weighted by Gasteiger charge is -2.32. The van der Waals surface area contributed by atoms with Gasteiger partial charge in [0.1, 0.15) is 17.4 Å². The summed E-state index contributed by atoms with van der Waals surface area (Å²) in [5.41, 5.74) is 9.58. The van der Waals surface area contributed by atoms with Gasteiger partial charge in [0.05, 0.1) is 6.61 Å². The Kier molecular flexibility index (Phi) is 7.09. The fourth-order valence-electron chi connectivity index (χ4n) is 3.51. The molecule has 0 atom stereocenters. The minimum absolute atomic E-state index is 0. The lowest BCUT2D eigenvalue weighted by atomic mass is 9.78. The van der Waals surface area contributed by atoms with Crippen molar-refractivity contribution in [3.8, 4) is 5.75 Å². The first-order chi connectivity index (χ1) is 11.7. The Balaban J connectivity index is 0.00000121. The number of halogens is 2. The lowest BCUT2D eigenvalue weighted by Crippen LogP contribution is -2.35. The molecule has 1 aliphatic heterocycles. The predicted molar refractivity (Wildman–Crippen MR) is 109 cm³/mol. The van der Waals surface area contributed by atoms with Crippen LogP contribution in [0.1, 0.15) is 47.8 Å². The van der Waals surface area contributed by atoms with Crippen molar-refractivity contribution in [2.45, 2.75) is 51.1 Å². The van der Waals surface area contributed by atoms with Crippen LogP contribution in [0.15, 0.2) is 24.3 Å². The van der Waals surface area contributed by atoms with E-state index in [0.29, 0.717) is 12.0 Å². The van der Waals surface area contributed by atoms with E-state index in [1.807, 2.05) is 6.92 Å². The van der Waals surface area contributed by atoms with Gasteiger partial charge in [-0.25, -0.2) is 9.97 Å². The molecule has 0 radical (unpaired) electrons. The minimum atomic E-state index is 0. The number of nitrogens with two attached hydrogens (primary N) is 1. The zero-order valence-corrected chi connectivity index (χ0v) is 16.5. The Labute approximate surface area is 167 Å². The molecule has 5 nitrogen and oxygen atoms in total. The second-order valence-electron chi connectivity index (χ2n) is 6.90. The molecule has 1 aromatic carbocycles. The fraction of sp³-hybridized carbons (Fsp3) is 0.474. The van der Waals surface area contributed by atoms with Crippen LogP contribution in [-0.4, -0.2) is 22.6 Å². The maximum Gasteiger partial charge on any atom is 0.130 e. The van der Waals surface area contributed by atoms with Gasteiger partial charge in [0.15, 0.2) is 0 Å². The SMILES string of the molecule is Cc1nc(NCc2ccc3c(c2)CCCO3)cc(C2CC(N)C2)n1.Cl.Cl. The van der Waals surface area contributed by atoms with Gasteiger partial charge in [-0.3, -0.25) is 0 Å². The zero-order chi connectivity index (χ0) is 16.5. The van der Waals surface area contributed by atoms with Gasteiger partial charge in [0, 0.05) is 30.3 Å². The summed E-state index contributed by atoms with van der Waals surface area (Å²) >= 11 is 0. The number of anilines is 1. The standard InChI is InChI=1S/C19H24N4O.2ClH/c1-12-22-17(15-8-16(20)9-15)10-19(23-12)21-11-13-4-5-18-14(7-13)3-2-6-24-18;;/h4-5,7,10,15-16H,2-3,6,8-9,11,20H2,1H3,(H,21,22,23);2*1H. The average molecular weight is 397 g/mol. The predicted octanol–water partition coefficient (Wildman–Crippen LogP) is 3.77. The Morgan fingerprint density at radius 2 is 2.00 bits per heavy atom. The van der Waals surface area contributed by atoms with Crippen LogP contribution in [0.4, 0.5) is 5.82 Å². The maximum absolute atomic E-state index is 5.90. The number of aromatic nitrogens is 2. The molecule has 4 rings (SSSR count). The summed E-state index contributed by atoms with van der Waals surface area (Å²) in [4.78, 5) is 9.10. The van der Waals surface area contributed by atoms with Crippen LogP contribution < -0.4 is 15.8 Å². The lowest BCUT2D eigenvalue weighted by molar-refractivity contribution is 0.288. The van der Waals surface area contributed by atoms with E-state index in [4.69, 9.17) is 10.5 Å². The normalized spacial score (nSPS) is 20.5. The second kappa shape index (κ2) is 8.89. The first-order valence-corrected chi connectivity index (χ1v) is 8.77. The topological polar surface area (TPSA) is 73.1 Å². The summed E-state index contributed by atoms with van der Waals surface area (Å²) in [5.74, 6) is 3.23. The van der Waals surface area contributed by atoms with Crippen molar-refractivity contribution in [3.63, 3.8) is 0 Å². The van der Waals surface area contributed by atoms with Gasteiger partial charge in [0.2, 0.25) is 0 Å². The quantitative estimate of drug-likeness (QED) is 0.822. The van der Waals surface area contributed by atoms with E-state index in [-0.39, 0.29) is 24.8 Å². The smallest absolute Gasteiger partial charge is 0.130 e. The highest BCUT2D eigenvalue weighted by molar-refractivity contribution is 5.85. The largest absolute Gasteiger partial charge is 0.493 e. The molecule has 2 aromatic rings.